The Kier molecular flexibility index (Phi) is 4.04. The lowest BCUT2D eigenvalue weighted by Gasteiger charge is -2.48. The van der Waals surface area contributed by atoms with E-state index in [4.69, 9.17) is 0 Å². The van der Waals surface area contributed by atoms with Crippen molar-refractivity contribution in [3.8, 4) is 0 Å². The van der Waals surface area contributed by atoms with Crippen molar-refractivity contribution in [3.05, 3.63) is 0 Å². The van der Waals surface area contributed by atoms with E-state index in [0.29, 0.717) is 17.9 Å². The summed E-state index contributed by atoms with van der Waals surface area (Å²) in [6.45, 7) is 7.26. The van der Waals surface area contributed by atoms with Crippen LogP contribution in [0.3, 0.4) is 0 Å². The second-order valence-corrected chi connectivity index (χ2v) is 7.33. The monoisotopic (exact) mass is 279 g/mol. The molecule has 0 aliphatic carbocycles. The molecule has 3 heterocycles. The molecule has 0 aromatic carbocycles. The van der Waals surface area contributed by atoms with E-state index in [1.54, 1.807) is 0 Å². The molecule has 0 aromatic heterocycles. The van der Waals surface area contributed by atoms with E-state index in [-0.39, 0.29) is 5.41 Å². The van der Waals surface area contributed by atoms with Crippen LogP contribution in [0.2, 0.25) is 0 Å². The van der Waals surface area contributed by atoms with Crippen molar-refractivity contribution in [2.45, 2.75) is 45.1 Å². The summed E-state index contributed by atoms with van der Waals surface area (Å²) in [6.07, 6.45) is 5.93. The molecular formula is C16H29N3O. The van der Waals surface area contributed by atoms with Gasteiger partial charge in [-0.2, -0.15) is 0 Å². The topological polar surface area (TPSA) is 35.6 Å². The van der Waals surface area contributed by atoms with Gasteiger partial charge in [0.25, 0.3) is 0 Å². The minimum absolute atomic E-state index is 0.161. The number of carbonyl (C=O) groups is 1. The SMILES string of the molecule is CN1CCCC2CN(C(=O)C3(C)CCCNC3)CCC21. The van der Waals surface area contributed by atoms with Crippen LogP contribution in [0.4, 0.5) is 0 Å². The summed E-state index contributed by atoms with van der Waals surface area (Å²) in [5.74, 6) is 1.10. The van der Waals surface area contributed by atoms with Crippen molar-refractivity contribution in [1.82, 2.24) is 15.1 Å². The number of hydrogen-bond acceptors (Lipinski definition) is 3. The molecular weight excluding hydrogens is 250 g/mol. The zero-order chi connectivity index (χ0) is 14.2. The van der Waals surface area contributed by atoms with Gasteiger partial charge in [0, 0.05) is 25.7 Å². The molecule has 3 rings (SSSR count). The normalized spacial score (nSPS) is 39.4. The van der Waals surface area contributed by atoms with E-state index >= 15 is 0 Å². The van der Waals surface area contributed by atoms with Gasteiger partial charge in [0.05, 0.1) is 5.41 Å². The molecule has 0 spiro atoms. The minimum Gasteiger partial charge on any atom is -0.342 e. The van der Waals surface area contributed by atoms with Gasteiger partial charge in [0.15, 0.2) is 0 Å². The van der Waals surface area contributed by atoms with Gasteiger partial charge in [-0.05, 0) is 65.1 Å². The van der Waals surface area contributed by atoms with Crippen molar-refractivity contribution >= 4 is 5.91 Å². The lowest BCUT2D eigenvalue weighted by Crippen LogP contribution is -2.58. The molecule has 3 unspecified atom stereocenters. The first-order chi connectivity index (χ1) is 9.60. The summed E-state index contributed by atoms with van der Waals surface area (Å²) < 4.78 is 0. The van der Waals surface area contributed by atoms with Gasteiger partial charge in [-0.1, -0.05) is 0 Å². The summed E-state index contributed by atoms with van der Waals surface area (Å²) in [6, 6.07) is 0.713. The molecule has 20 heavy (non-hydrogen) atoms. The molecule has 3 fully saturated rings. The molecule has 0 radical (unpaired) electrons. The molecule has 0 aromatic rings. The second-order valence-electron chi connectivity index (χ2n) is 7.33. The number of likely N-dealkylation sites (tertiary alicyclic amines) is 2. The third-order valence-corrected chi connectivity index (χ3v) is 5.75. The molecule has 114 valence electrons. The highest BCUT2D eigenvalue weighted by Crippen LogP contribution is 2.33. The third-order valence-electron chi connectivity index (χ3n) is 5.75. The van der Waals surface area contributed by atoms with Crippen molar-refractivity contribution in [1.29, 1.82) is 0 Å². The van der Waals surface area contributed by atoms with Gasteiger partial charge >= 0.3 is 0 Å². The Bertz CT molecular complexity index is 365. The molecule has 0 bridgehead atoms. The molecule has 3 saturated heterocycles. The number of piperidine rings is 3. The van der Waals surface area contributed by atoms with Crippen LogP contribution < -0.4 is 5.32 Å². The maximum absolute atomic E-state index is 12.9. The summed E-state index contributed by atoms with van der Waals surface area (Å²) in [5.41, 5.74) is -0.161. The van der Waals surface area contributed by atoms with Crippen molar-refractivity contribution < 1.29 is 4.79 Å². The largest absolute Gasteiger partial charge is 0.342 e. The van der Waals surface area contributed by atoms with E-state index in [1.165, 1.54) is 19.4 Å². The van der Waals surface area contributed by atoms with Gasteiger partial charge < -0.3 is 15.1 Å². The van der Waals surface area contributed by atoms with Crippen LogP contribution in [0, 0.1) is 11.3 Å². The van der Waals surface area contributed by atoms with Crippen LogP contribution in [0.15, 0.2) is 0 Å². The Morgan fingerprint density at radius 2 is 2.10 bits per heavy atom. The van der Waals surface area contributed by atoms with Crippen molar-refractivity contribution in [2.24, 2.45) is 11.3 Å². The number of hydrogen-bond donors (Lipinski definition) is 1. The molecule has 4 heteroatoms. The van der Waals surface area contributed by atoms with Gasteiger partial charge in [0.1, 0.15) is 0 Å². The standard InChI is InChI=1S/C16H29N3O/c1-16(7-4-8-17-12-16)15(20)19-10-6-14-13(11-19)5-3-9-18(14)2/h13-14,17H,3-12H2,1-2H3. The molecule has 1 N–H and O–H groups in total. The van der Waals surface area contributed by atoms with Crippen LogP contribution in [0.5, 0.6) is 0 Å². The highest BCUT2D eigenvalue weighted by molar-refractivity contribution is 5.83. The van der Waals surface area contributed by atoms with Crippen LogP contribution in [0.1, 0.15) is 39.0 Å². The first kappa shape index (κ1) is 14.3. The van der Waals surface area contributed by atoms with Crippen LogP contribution in [-0.2, 0) is 4.79 Å². The quantitative estimate of drug-likeness (QED) is 0.786. The summed E-state index contributed by atoms with van der Waals surface area (Å²) in [4.78, 5) is 17.6. The van der Waals surface area contributed by atoms with Crippen LogP contribution >= 0.6 is 0 Å². The molecule has 0 saturated carbocycles. The fourth-order valence-corrected chi connectivity index (χ4v) is 4.46. The van der Waals surface area contributed by atoms with Crippen LogP contribution in [-0.4, -0.2) is 61.5 Å². The van der Waals surface area contributed by atoms with E-state index in [1.807, 2.05) is 0 Å². The summed E-state index contributed by atoms with van der Waals surface area (Å²) >= 11 is 0. The predicted molar refractivity (Wildman–Crippen MR) is 80.5 cm³/mol. The average Bonchev–Trinajstić information content (AvgIpc) is 2.47. The maximum atomic E-state index is 12.9. The van der Waals surface area contributed by atoms with E-state index in [0.717, 1.165) is 45.4 Å². The van der Waals surface area contributed by atoms with Gasteiger partial charge in [-0.15, -0.1) is 0 Å². The number of fused-ring (bicyclic) bond motifs is 1. The number of amides is 1. The van der Waals surface area contributed by atoms with Crippen LogP contribution in [0.25, 0.3) is 0 Å². The Labute approximate surface area is 122 Å². The predicted octanol–water partition coefficient (Wildman–Crippen LogP) is 1.32. The Balaban J connectivity index is 1.65. The second kappa shape index (κ2) is 5.64. The van der Waals surface area contributed by atoms with Gasteiger partial charge in [0.2, 0.25) is 5.91 Å². The Morgan fingerprint density at radius 1 is 1.25 bits per heavy atom. The van der Waals surface area contributed by atoms with Gasteiger partial charge in [-0.25, -0.2) is 0 Å². The maximum Gasteiger partial charge on any atom is 0.229 e. The smallest absolute Gasteiger partial charge is 0.229 e. The Morgan fingerprint density at radius 3 is 2.85 bits per heavy atom. The zero-order valence-corrected chi connectivity index (χ0v) is 13.0. The van der Waals surface area contributed by atoms with Crippen molar-refractivity contribution in [2.75, 3.05) is 39.8 Å². The van der Waals surface area contributed by atoms with E-state index in [9.17, 15) is 4.79 Å². The molecule has 3 aliphatic heterocycles. The Hall–Kier alpha value is -0.610. The molecule has 4 nitrogen and oxygen atoms in total. The number of rotatable bonds is 1. The van der Waals surface area contributed by atoms with Crippen molar-refractivity contribution in [3.63, 3.8) is 0 Å². The molecule has 3 atom stereocenters. The first-order valence-electron chi connectivity index (χ1n) is 8.30. The van der Waals surface area contributed by atoms with E-state index < -0.39 is 0 Å². The summed E-state index contributed by atoms with van der Waals surface area (Å²) in [5, 5.41) is 3.40. The highest BCUT2D eigenvalue weighted by Gasteiger charge is 2.42. The number of carbonyl (C=O) groups excluding carboxylic acids is 1. The lowest BCUT2D eigenvalue weighted by atomic mass is 9.79. The first-order valence-corrected chi connectivity index (χ1v) is 8.30. The number of nitrogens with zero attached hydrogens (tertiary/aromatic N) is 2. The number of nitrogens with one attached hydrogen (secondary N) is 1. The molecule has 1 amide bonds. The zero-order valence-electron chi connectivity index (χ0n) is 13.0. The summed E-state index contributed by atoms with van der Waals surface area (Å²) in [7, 11) is 2.25. The minimum atomic E-state index is -0.161. The highest BCUT2D eigenvalue weighted by atomic mass is 16.2. The van der Waals surface area contributed by atoms with E-state index in [2.05, 4.69) is 29.1 Å². The average molecular weight is 279 g/mol. The fourth-order valence-electron chi connectivity index (χ4n) is 4.46. The van der Waals surface area contributed by atoms with Gasteiger partial charge in [-0.3, -0.25) is 4.79 Å². The molecule has 3 aliphatic rings. The fraction of sp³-hybridized carbons (Fsp3) is 0.938. The third kappa shape index (κ3) is 2.60. The lowest BCUT2D eigenvalue weighted by molar-refractivity contribution is -0.145.